The highest BCUT2D eigenvalue weighted by atomic mass is 32.2. The first kappa shape index (κ1) is 42.9. The van der Waals surface area contributed by atoms with Gasteiger partial charge in [-0.15, -0.1) is 0 Å². The Morgan fingerprint density at radius 1 is 0.409 bits per heavy atom. The fourth-order valence-electron chi connectivity index (χ4n) is 10.5. The van der Waals surface area contributed by atoms with E-state index in [0.717, 1.165) is 43.6 Å². The molecule has 1 aliphatic carbocycles. The van der Waals surface area contributed by atoms with E-state index in [-0.39, 0.29) is 47.3 Å². The number of fused-ring (bicyclic) bond motifs is 9. The third kappa shape index (κ3) is 7.43. The minimum Gasteiger partial charge on any atom is -0.390 e. The number of piperazine rings is 2. The molecule has 0 saturated carbocycles. The second-order valence-electron chi connectivity index (χ2n) is 17.8. The highest BCUT2D eigenvalue weighted by Gasteiger charge is 2.35. The van der Waals surface area contributed by atoms with E-state index in [9.17, 15) is 31.8 Å². The van der Waals surface area contributed by atoms with Gasteiger partial charge in [0.05, 0.1) is 35.1 Å². The molecule has 0 spiro atoms. The number of para-hydroxylation sites is 4. The number of ketones is 1. The number of carbonyl (C=O) groups excluding carboxylic acids is 1. The summed E-state index contributed by atoms with van der Waals surface area (Å²) in [6.45, 7) is 4.34. The number of hydrogen-bond donors (Lipinski definition) is 2. The Kier molecular flexibility index (Phi) is 10.9. The van der Waals surface area contributed by atoms with Crippen LogP contribution in [-0.2, 0) is 33.1 Å². The second-order valence-corrected chi connectivity index (χ2v) is 21.6. The molecule has 338 valence electrons. The third-order valence-electron chi connectivity index (χ3n) is 13.8. The smallest absolute Gasteiger partial charge is 0.243 e. The van der Waals surface area contributed by atoms with Gasteiger partial charge in [-0.1, -0.05) is 78.9 Å². The van der Waals surface area contributed by atoms with Gasteiger partial charge in [-0.3, -0.25) is 14.6 Å². The van der Waals surface area contributed by atoms with Crippen LogP contribution in [0.4, 0.5) is 0 Å². The van der Waals surface area contributed by atoms with Crippen molar-refractivity contribution in [3.05, 3.63) is 145 Å². The number of nitrogens with zero attached hydrogens (tertiary/aromatic N) is 6. The summed E-state index contributed by atoms with van der Waals surface area (Å²) >= 11 is 0. The number of aliphatic hydroxyl groups is 2. The van der Waals surface area contributed by atoms with Gasteiger partial charge in [0, 0.05) is 120 Å². The molecule has 2 aromatic heterocycles. The molecule has 15 heteroatoms. The number of rotatable bonds is 12. The van der Waals surface area contributed by atoms with E-state index in [1.807, 2.05) is 48.5 Å². The number of carbonyl (C=O) groups is 1. The molecule has 2 N–H and O–H groups in total. The summed E-state index contributed by atoms with van der Waals surface area (Å²) in [6, 6.07) is 41.7. The van der Waals surface area contributed by atoms with Crippen LogP contribution >= 0.6 is 0 Å². The molecule has 66 heavy (non-hydrogen) atoms. The first-order valence-corrected chi connectivity index (χ1v) is 25.4. The number of aromatic nitrogens is 2. The normalized spacial score (nSPS) is 17.8. The van der Waals surface area contributed by atoms with Crippen LogP contribution in [0.2, 0.25) is 0 Å². The van der Waals surface area contributed by atoms with Crippen molar-refractivity contribution in [2.45, 2.75) is 35.1 Å². The third-order valence-corrected chi connectivity index (χ3v) is 17.6. The molecule has 8 aromatic rings. The largest absolute Gasteiger partial charge is 0.390 e. The number of benzene rings is 6. The van der Waals surface area contributed by atoms with Crippen molar-refractivity contribution in [2.24, 2.45) is 0 Å². The number of sulfonamides is 2. The first-order chi connectivity index (χ1) is 32.0. The molecule has 4 heterocycles. The standard InChI is InChI=1S/C51H50N6O7S2/c58-35(33-56-47-13-5-1-9-40(47)41-10-2-6-14-48(41)56)31-52-21-25-54(26-22-52)65(61,62)37-18-20-44-45(29-37)39-19-17-38(30-46(39)51(44)60)66(63,64)55-27-23-53(24-28-55)32-36(59)34-57-49-15-7-3-11-42(49)43-12-4-8-16-50(43)57/h1-20,29-30,35-36,58-59H,21-28,31-34H2. The average Bonchev–Trinajstić information content (AvgIpc) is 3.93. The average molecular weight is 923 g/mol. The highest BCUT2D eigenvalue weighted by molar-refractivity contribution is 7.89. The maximum absolute atomic E-state index is 14.0. The van der Waals surface area contributed by atoms with Crippen LogP contribution in [0.1, 0.15) is 15.9 Å². The Bertz CT molecular complexity index is 3320. The Morgan fingerprint density at radius 3 is 1.15 bits per heavy atom. The fourth-order valence-corrected chi connectivity index (χ4v) is 13.4. The van der Waals surface area contributed by atoms with E-state index in [0.29, 0.717) is 69.0 Å². The molecule has 2 saturated heterocycles. The first-order valence-electron chi connectivity index (χ1n) is 22.5. The quantitative estimate of drug-likeness (QED) is 0.154. The SMILES string of the molecule is O=C1c2cc(S(=O)(=O)N3CCN(CC(O)Cn4c5ccccc5c5ccccc54)CC3)ccc2-c2cc(S(=O)(=O)N3CCN(CC(O)Cn4c5ccccc5c5ccccc54)CC3)ccc21. The van der Waals surface area contributed by atoms with Gasteiger partial charge in [0.25, 0.3) is 0 Å². The molecule has 6 aromatic carbocycles. The summed E-state index contributed by atoms with van der Waals surface area (Å²) in [5.41, 5.74) is 5.74. The molecule has 2 fully saturated rings. The van der Waals surface area contributed by atoms with Gasteiger partial charge >= 0.3 is 0 Å². The molecule has 11 rings (SSSR count). The van der Waals surface area contributed by atoms with Crippen molar-refractivity contribution in [3.63, 3.8) is 0 Å². The predicted molar refractivity (Wildman–Crippen MR) is 257 cm³/mol. The van der Waals surface area contributed by atoms with Gasteiger partial charge in [0.2, 0.25) is 20.0 Å². The van der Waals surface area contributed by atoms with Crippen LogP contribution in [0.15, 0.2) is 143 Å². The maximum atomic E-state index is 14.0. The van der Waals surface area contributed by atoms with E-state index in [1.54, 1.807) is 6.07 Å². The van der Waals surface area contributed by atoms with Crippen LogP contribution in [0.25, 0.3) is 54.7 Å². The van der Waals surface area contributed by atoms with Crippen molar-refractivity contribution >= 4 is 69.4 Å². The molecule has 3 aliphatic rings. The fraction of sp³-hybridized carbons (Fsp3) is 0.275. The second kappa shape index (κ2) is 16.8. The number of hydrogen-bond acceptors (Lipinski definition) is 9. The van der Waals surface area contributed by atoms with Gasteiger partial charge in [-0.05, 0) is 65.7 Å². The molecular weight excluding hydrogens is 873 g/mol. The van der Waals surface area contributed by atoms with Crippen LogP contribution in [0.3, 0.4) is 0 Å². The van der Waals surface area contributed by atoms with Crippen LogP contribution in [-0.4, -0.2) is 138 Å². The monoisotopic (exact) mass is 922 g/mol. The maximum Gasteiger partial charge on any atom is 0.243 e. The molecule has 13 nitrogen and oxygen atoms in total. The predicted octanol–water partition coefficient (Wildman–Crippen LogP) is 5.85. The summed E-state index contributed by atoms with van der Waals surface area (Å²) < 4.78 is 63.3. The van der Waals surface area contributed by atoms with Gasteiger partial charge < -0.3 is 19.3 Å². The minimum absolute atomic E-state index is 0.00755. The van der Waals surface area contributed by atoms with Crippen LogP contribution < -0.4 is 0 Å². The van der Waals surface area contributed by atoms with Crippen LogP contribution in [0, 0.1) is 0 Å². The summed E-state index contributed by atoms with van der Waals surface area (Å²) in [4.78, 5) is 18.0. The molecule has 2 aliphatic heterocycles. The summed E-state index contributed by atoms with van der Waals surface area (Å²) in [5, 5.41) is 27.1. The lowest BCUT2D eigenvalue weighted by atomic mass is 10.1. The molecule has 2 atom stereocenters. The van der Waals surface area contributed by atoms with Crippen molar-refractivity contribution < 1.29 is 31.8 Å². The Balaban J connectivity index is 0.719. The Hall–Kier alpha value is -5.75. The lowest BCUT2D eigenvalue weighted by Crippen LogP contribution is -2.50. The lowest BCUT2D eigenvalue weighted by Gasteiger charge is -2.35. The van der Waals surface area contributed by atoms with Crippen molar-refractivity contribution in [1.29, 1.82) is 0 Å². The summed E-state index contributed by atoms with van der Waals surface area (Å²) in [6.07, 6.45) is -1.34. The topological polar surface area (TPSA) is 149 Å². The number of aliphatic hydroxyl groups excluding tert-OH is 2. The zero-order valence-corrected chi connectivity index (χ0v) is 37.9. The number of β-amino-alcohol motifs (C(OH)–C–C–N with tert-alkyl or cyclic N) is 2. The summed E-state index contributed by atoms with van der Waals surface area (Å²) in [7, 11) is -7.89. The van der Waals surface area contributed by atoms with E-state index in [4.69, 9.17) is 0 Å². The molecule has 2 unspecified atom stereocenters. The molecule has 0 bridgehead atoms. The van der Waals surface area contributed by atoms with Crippen molar-refractivity contribution in [2.75, 3.05) is 65.4 Å². The Morgan fingerprint density at radius 2 is 0.758 bits per heavy atom. The zero-order chi connectivity index (χ0) is 45.3. The van der Waals surface area contributed by atoms with E-state index >= 15 is 0 Å². The van der Waals surface area contributed by atoms with Gasteiger partial charge in [-0.25, -0.2) is 16.8 Å². The van der Waals surface area contributed by atoms with Crippen molar-refractivity contribution in [1.82, 2.24) is 27.5 Å². The van der Waals surface area contributed by atoms with Crippen LogP contribution in [0.5, 0.6) is 0 Å². The van der Waals surface area contributed by atoms with Gasteiger partial charge in [-0.2, -0.15) is 8.61 Å². The minimum atomic E-state index is -3.96. The molecule has 0 radical (unpaired) electrons. The van der Waals surface area contributed by atoms with E-state index in [1.165, 1.54) is 38.9 Å². The molecule has 0 amide bonds. The van der Waals surface area contributed by atoms with Crippen molar-refractivity contribution in [3.8, 4) is 11.1 Å². The lowest BCUT2D eigenvalue weighted by molar-refractivity contribution is 0.0820. The Labute approximate surface area is 383 Å². The summed E-state index contributed by atoms with van der Waals surface area (Å²) in [5.74, 6) is -0.351. The van der Waals surface area contributed by atoms with E-state index < -0.39 is 32.3 Å². The van der Waals surface area contributed by atoms with Gasteiger partial charge in [0.1, 0.15) is 0 Å². The zero-order valence-electron chi connectivity index (χ0n) is 36.3. The molecular formula is C51H50N6O7S2. The highest BCUT2D eigenvalue weighted by Crippen LogP contribution is 2.40. The van der Waals surface area contributed by atoms with E-state index in [2.05, 4.69) is 67.5 Å². The van der Waals surface area contributed by atoms with Gasteiger partial charge in [0.15, 0.2) is 5.78 Å².